The van der Waals surface area contributed by atoms with Crippen LogP contribution in [0, 0.1) is 0 Å². The highest BCUT2D eigenvalue weighted by atomic mass is 16.5. The van der Waals surface area contributed by atoms with E-state index in [4.69, 9.17) is 9.84 Å². The van der Waals surface area contributed by atoms with Gasteiger partial charge in [-0.05, 0) is 12.1 Å². The maximum Gasteiger partial charge on any atom is 0.271 e. The Morgan fingerprint density at radius 1 is 1.25 bits per heavy atom. The van der Waals surface area contributed by atoms with Gasteiger partial charge in [-0.3, -0.25) is 9.59 Å². The molecule has 0 heterocycles. The average Bonchev–Trinajstić information content (AvgIpc) is 2.34. The summed E-state index contributed by atoms with van der Waals surface area (Å²) in [6, 6.07) is 6.81. The summed E-state index contributed by atoms with van der Waals surface area (Å²) in [5.74, 6) is 0.0935. The second-order valence-corrected chi connectivity index (χ2v) is 3.24. The Morgan fingerprint density at radius 3 is 2.62 bits per heavy atom. The van der Waals surface area contributed by atoms with Gasteiger partial charge >= 0.3 is 0 Å². The Bertz CT molecular complexity index is 596. The molecule has 2 N–H and O–H groups in total. The summed E-state index contributed by atoms with van der Waals surface area (Å²) in [6.07, 6.45) is 0. The molecule has 0 saturated carbocycles. The highest BCUT2D eigenvalue weighted by Gasteiger charge is 2.19. The third-order valence-electron chi connectivity index (χ3n) is 2.22. The summed E-state index contributed by atoms with van der Waals surface area (Å²) < 4.78 is 4.99. The Balaban J connectivity index is 2.28. The lowest BCUT2D eigenvalue weighted by Crippen LogP contribution is -2.32. The highest BCUT2D eigenvalue weighted by Crippen LogP contribution is 2.23. The number of ether oxygens (including phenoxy) is 1. The molecule has 0 atom stereocenters. The Hall–Kier alpha value is -2.30. The topological polar surface area (TPSA) is 75.6 Å². The van der Waals surface area contributed by atoms with Crippen molar-refractivity contribution in [1.82, 2.24) is 0 Å². The Morgan fingerprint density at radius 2 is 2.00 bits per heavy atom. The number of hydrogen-bond acceptors (Lipinski definition) is 5. The minimum atomic E-state index is -0.856. The van der Waals surface area contributed by atoms with E-state index in [2.05, 4.69) is 5.32 Å². The van der Waals surface area contributed by atoms with E-state index in [1.807, 2.05) is 0 Å². The molecule has 5 heteroatoms. The number of aromatic hydroxyl groups is 1. The van der Waals surface area contributed by atoms with Gasteiger partial charge in [0.2, 0.25) is 0 Å². The molecule has 2 rings (SSSR count). The molecule has 0 saturated heterocycles. The van der Waals surface area contributed by atoms with E-state index in [0.29, 0.717) is 11.4 Å². The number of rotatable bonds is 3. The molecule has 16 heavy (non-hydrogen) atoms. The van der Waals surface area contributed by atoms with Crippen molar-refractivity contribution in [2.24, 2.45) is 0 Å². The lowest BCUT2D eigenvalue weighted by atomic mass is 10.2. The number of methoxy groups -OCH3 is 1. The molecule has 5 nitrogen and oxygen atoms in total. The van der Waals surface area contributed by atoms with Crippen LogP contribution in [-0.4, -0.2) is 12.2 Å². The SMILES string of the molecule is COc1cccc(Nc2c(O)c(=O)c2=O)c1. The average molecular weight is 219 g/mol. The molecular formula is C11H9NO4. The van der Waals surface area contributed by atoms with E-state index in [-0.39, 0.29) is 5.69 Å². The fraction of sp³-hybridized carbons (Fsp3) is 0.0909. The van der Waals surface area contributed by atoms with Gasteiger partial charge in [0.1, 0.15) is 11.4 Å². The highest BCUT2D eigenvalue weighted by molar-refractivity contribution is 5.69. The normalized spacial score (nSPS) is 10.3. The van der Waals surface area contributed by atoms with Crippen molar-refractivity contribution in [3.63, 3.8) is 0 Å². The second kappa shape index (κ2) is 3.69. The summed E-state index contributed by atoms with van der Waals surface area (Å²) in [6.45, 7) is 0. The van der Waals surface area contributed by atoms with Crippen molar-refractivity contribution in [1.29, 1.82) is 0 Å². The molecule has 0 radical (unpaired) electrons. The van der Waals surface area contributed by atoms with Gasteiger partial charge in [-0.15, -0.1) is 0 Å². The van der Waals surface area contributed by atoms with Crippen molar-refractivity contribution in [2.75, 3.05) is 12.4 Å². The van der Waals surface area contributed by atoms with E-state index in [9.17, 15) is 9.59 Å². The zero-order valence-electron chi connectivity index (χ0n) is 8.48. The van der Waals surface area contributed by atoms with Gasteiger partial charge in [-0.2, -0.15) is 0 Å². The minimum absolute atomic E-state index is 0.0711. The molecule has 0 unspecified atom stereocenters. The zero-order chi connectivity index (χ0) is 11.7. The summed E-state index contributed by atoms with van der Waals surface area (Å²) in [7, 11) is 1.52. The molecule has 0 fully saturated rings. The molecule has 0 aromatic heterocycles. The van der Waals surface area contributed by atoms with Gasteiger partial charge in [-0.25, -0.2) is 0 Å². The molecule has 0 aliphatic heterocycles. The summed E-state index contributed by atoms with van der Waals surface area (Å²) in [5.41, 5.74) is -1.06. The molecule has 2 aromatic carbocycles. The van der Waals surface area contributed by atoms with E-state index in [1.165, 1.54) is 7.11 Å². The van der Waals surface area contributed by atoms with Gasteiger partial charge in [0, 0.05) is 11.8 Å². The fourth-order valence-electron chi connectivity index (χ4n) is 1.34. The predicted octanol–water partition coefficient (Wildman–Crippen LogP) is 0.740. The molecule has 0 aliphatic carbocycles. The quantitative estimate of drug-likeness (QED) is 0.744. The minimum Gasteiger partial charge on any atom is -0.502 e. The van der Waals surface area contributed by atoms with Crippen LogP contribution >= 0.6 is 0 Å². The maximum atomic E-state index is 11.1. The third kappa shape index (κ3) is 1.52. The van der Waals surface area contributed by atoms with Crippen LogP contribution in [0.15, 0.2) is 33.9 Å². The molecule has 0 aliphatic rings. The predicted molar refractivity (Wildman–Crippen MR) is 59.3 cm³/mol. The van der Waals surface area contributed by atoms with Crippen LogP contribution in [0.1, 0.15) is 0 Å². The zero-order valence-corrected chi connectivity index (χ0v) is 8.48. The first-order valence-electron chi connectivity index (χ1n) is 4.57. The lowest BCUT2D eigenvalue weighted by molar-refractivity contribution is 0.415. The summed E-state index contributed by atoms with van der Waals surface area (Å²) >= 11 is 0. The largest absolute Gasteiger partial charge is 0.502 e. The van der Waals surface area contributed by atoms with Gasteiger partial charge < -0.3 is 15.2 Å². The summed E-state index contributed by atoms with van der Waals surface area (Å²) in [5, 5.41) is 11.8. The standard InChI is InChI=1S/C11H9NO4/c1-16-7-4-2-3-6(5-7)12-8-9(13)11(15)10(8)14/h2-5,12-13H,1H3. The van der Waals surface area contributed by atoms with Crippen molar-refractivity contribution in [3.05, 3.63) is 44.7 Å². The molecule has 2 aromatic rings. The number of benzene rings is 1. The van der Waals surface area contributed by atoms with Crippen molar-refractivity contribution in [2.45, 2.75) is 0 Å². The first kappa shape index (κ1) is 10.2. The van der Waals surface area contributed by atoms with Gasteiger partial charge in [0.15, 0.2) is 5.75 Å². The fourth-order valence-corrected chi connectivity index (χ4v) is 1.34. The van der Waals surface area contributed by atoms with Crippen LogP contribution in [0.5, 0.6) is 11.5 Å². The summed E-state index contributed by atoms with van der Waals surface area (Å²) in [4.78, 5) is 21.8. The van der Waals surface area contributed by atoms with E-state index in [1.54, 1.807) is 24.3 Å². The van der Waals surface area contributed by atoms with Crippen LogP contribution in [0.25, 0.3) is 0 Å². The first-order chi connectivity index (χ1) is 7.63. The number of hydrogen-bond donors (Lipinski definition) is 2. The number of nitrogens with one attached hydrogen (secondary N) is 1. The van der Waals surface area contributed by atoms with Crippen LogP contribution in [0.4, 0.5) is 11.4 Å². The van der Waals surface area contributed by atoms with E-state index >= 15 is 0 Å². The maximum absolute atomic E-state index is 11.1. The van der Waals surface area contributed by atoms with Crippen LogP contribution in [-0.2, 0) is 0 Å². The van der Waals surface area contributed by atoms with Gasteiger partial charge in [-0.1, -0.05) is 6.07 Å². The van der Waals surface area contributed by atoms with Crippen LogP contribution < -0.4 is 20.9 Å². The third-order valence-corrected chi connectivity index (χ3v) is 2.22. The van der Waals surface area contributed by atoms with Crippen molar-refractivity contribution < 1.29 is 9.84 Å². The number of anilines is 2. The van der Waals surface area contributed by atoms with Gasteiger partial charge in [0.05, 0.1) is 7.11 Å². The van der Waals surface area contributed by atoms with Crippen molar-refractivity contribution in [3.8, 4) is 11.5 Å². The van der Waals surface area contributed by atoms with Crippen molar-refractivity contribution >= 4 is 11.4 Å². The Labute approximate surface area is 90.6 Å². The molecular weight excluding hydrogens is 210 g/mol. The first-order valence-corrected chi connectivity index (χ1v) is 4.57. The molecule has 0 spiro atoms. The Kier molecular flexibility index (Phi) is 2.36. The molecule has 82 valence electrons. The van der Waals surface area contributed by atoms with Gasteiger partial charge in [0.25, 0.3) is 10.9 Å². The van der Waals surface area contributed by atoms with E-state index in [0.717, 1.165) is 0 Å². The van der Waals surface area contributed by atoms with E-state index < -0.39 is 16.6 Å². The monoisotopic (exact) mass is 219 g/mol. The second-order valence-electron chi connectivity index (χ2n) is 3.24. The van der Waals surface area contributed by atoms with Crippen LogP contribution in [0.2, 0.25) is 0 Å². The van der Waals surface area contributed by atoms with Crippen LogP contribution in [0.3, 0.4) is 0 Å². The molecule has 0 bridgehead atoms. The lowest BCUT2D eigenvalue weighted by Gasteiger charge is -2.09. The molecule has 0 amide bonds. The smallest absolute Gasteiger partial charge is 0.271 e.